The van der Waals surface area contributed by atoms with Crippen LogP contribution < -0.4 is 14.4 Å². The van der Waals surface area contributed by atoms with Crippen LogP contribution in [-0.2, 0) is 19.6 Å². The summed E-state index contributed by atoms with van der Waals surface area (Å²) >= 11 is 0. The number of hydrogen-bond donors (Lipinski definition) is 1. The number of hydrogen-bond acceptors (Lipinski definition) is 9. The van der Waals surface area contributed by atoms with E-state index in [9.17, 15) is 15.2 Å². The van der Waals surface area contributed by atoms with Crippen LogP contribution >= 0.6 is 0 Å². The van der Waals surface area contributed by atoms with Crippen molar-refractivity contribution in [2.75, 3.05) is 51.8 Å². The average molecular weight is 572 g/mol. The van der Waals surface area contributed by atoms with Crippen molar-refractivity contribution in [1.29, 1.82) is 5.26 Å². The van der Waals surface area contributed by atoms with Crippen molar-refractivity contribution in [2.45, 2.75) is 51.0 Å². The maximum Gasteiger partial charge on any atom is 0.407 e. The normalized spacial score (nSPS) is 21.0. The number of methoxy groups -OCH3 is 1. The number of piperazine rings is 1. The molecule has 1 amide bonds. The minimum absolute atomic E-state index is 0.125. The molecule has 1 aromatic heterocycles. The van der Waals surface area contributed by atoms with Gasteiger partial charge in [-0.3, -0.25) is 4.90 Å². The number of anilines is 1. The minimum atomic E-state index is -0.997. The molecule has 3 aliphatic rings. The number of fused-ring (bicyclic) bond motifs is 2. The molecule has 0 saturated carbocycles. The Hall–Kier alpha value is -4.14. The number of benzene rings is 2. The van der Waals surface area contributed by atoms with Crippen molar-refractivity contribution >= 4 is 22.7 Å². The molecule has 2 unspecified atom stereocenters. The van der Waals surface area contributed by atoms with Gasteiger partial charge in [-0.1, -0.05) is 30.3 Å². The summed E-state index contributed by atoms with van der Waals surface area (Å²) in [6.07, 6.45) is 1.37. The number of rotatable bonds is 8. The molecule has 2 aromatic carbocycles. The molecular formula is C31H37N7O4. The number of ether oxygens (including phenoxy) is 2. The lowest BCUT2D eigenvalue weighted by atomic mass is 10.0. The first-order valence-electron chi connectivity index (χ1n) is 14.6. The Morgan fingerprint density at radius 1 is 1.12 bits per heavy atom. The van der Waals surface area contributed by atoms with E-state index in [4.69, 9.17) is 19.4 Å². The Labute approximate surface area is 245 Å². The zero-order valence-corrected chi connectivity index (χ0v) is 24.2. The van der Waals surface area contributed by atoms with E-state index in [0.29, 0.717) is 57.9 Å². The third-order valence-corrected chi connectivity index (χ3v) is 8.84. The van der Waals surface area contributed by atoms with Crippen LogP contribution in [0.25, 0.3) is 10.8 Å². The quantitative estimate of drug-likeness (QED) is 0.429. The lowest BCUT2D eigenvalue weighted by molar-refractivity contribution is 0.119. The summed E-state index contributed by atoms with van der Waals surface area (Å²) in [7, 11) is 3.82. The molecule has 1 N–H and O–H groups in total. The van der Waals surface area contributed by atoms with Gasteiger partial charge >= 0.3 is 12.1 Å². The van der Waals surface area contributed by atoms with Crippen LogP contribution in [0.2, 0.25) is 0 Å². The predicted octanol–water partition coefficient (Wildman–Crippen LogP) is 3.71. The summed E-state index contributed by atoms with van der Waals surface area (Å²) in [5.41, 5.74) is 3.08. The number of carboxylic acid groups (broad SMARTS) is 1. The first kappa shape index (κ1) is 28.0. The number of nitrogens with zero attached hydrogens (tertiary/aromatic N) is 7. The zero-order chi connectivity index (χ0) is 29.2. The van der Waals surface area contributed by atoms with E-state index in [2.05, 4.69) is 46.0 Å². The monoisotopic (exact) mass is 571 g/mol. The number of amides is 1. The minimum Gasteiger partial charge on any atom is -0.496 e. The molecule has 220 valence electrons. The standard InChI is InChI=1S/C31H37N7O4/c1-35-13-5-7-23(35)20-42-30-33-27-19-36(17-25-24-8-4-3-6-21(24)9-10-28(25)41-2)18-26(27)29(34-30)37-14-15-38(31(39)40)22(16-37)11-12-32/h3-4,6,8-10,22-23H,5,7,11,13-20H2,1-2H3,(H,39,40). The van der Waals surface area contributed by atoms with Gasteiger partial charge in [0, 0.05) is 56.4 Å². The molecule has 2 saturated heterocycles. The highest BCUT2D eigenvalue weighted by molar-refractivity contribution is 5.87. The fourth-order valence-corrected chi connectivity index (χ4v) is 6.55. The van der Waals surface area contributed by atoms with Gasteiger partial charge in [-0.15, -0.1) is 0 Å². The van der Waals surface area contributed by atoms with Gasteiger partial charge in [-0.25, -0.2) is 4.79 Å². The van der Waals surface area contributed by atoms with Crippen molar-refractivity contribution in [1.82, 2.24) is 24.7 Å². The third-order valence-electron chi connectivity index (χ3n) is 8.84. The van der Waals surface area contributed by atoms with Gasteiger partial charge in [0.25, 0.3) is 0 Å². The fourth-order valence-electron chi connectivity index (χ4n) is 6.55. The van der Waals surface area contributed by atoms with Gasteiger partial charge in [-0.05, 0) is 43.3 Å². The van der Waals surface area contributed by atoms with Gasteiger partial charge < -0.3 is 29.3 Å². The lowest BCUT2D eigenvalue weighted by Gasteiger charge is -2.40. The molecule has 2 atom stereocenters. The van der Waals surface area contributed by atoms with Crippen molar-refractivity contribution in [3.05, 3.63) is 53.2 Å². The van der Waals surface area contributed by atoms with Gasteiger partial charge in [0.15, 0.2) is 0 Å². The van der Waals surface area contributed by atoms with Crippen LogP contribution in [0, 0.1) is 11.3 Å². The van der Waals surface area contributed by atoms with Crippen molar-refractivity contribution in [3.63, 3.8) is 0 Å². The maximum atomic E-state index is 11.9. The second kappa shape index (κ2) is 12.0. The van der Waals surface area contributed by atoms with Gasteiger partial charge in [0.1, 0.15) is 18.2 Å². The Balaban J connectivity index is 1.30. The molecule has 0 radical (unpaired) electrons. The molecule has 2 fully saturated rings. The van der Waals surface area contributed by atoms with Crippen LogP contribution in [0.5, 0.6) is 11.8 Å². The Morgan fingerprint density at radius 2 is 1.98 bits per heavy atom. The largest absolute Gasteiger partial charge is 0.496 e. The van der Waals surface area contributed by atoms with Gasteiger partial charge in [0.2, 0.25) is 0 Å². The highest BCUT2D eigenvalue weighted by Gasteiger charge is 2.35. The number of likely N-dealkylation sites (N-methyl/N-ethyl adjacent to an activating group) is 1. The van der Waals surface area contributed by atoms with E-state index in [1.807, 2.05) is 18.2 Å². The van der Waals surface area contributed by atoms with Crippen LogP contribution in [-0.4, -0.2) is 94.9 Å². The van der Waals surface area contributed by atoms with Crippen LogP contribution in [0.4, 0.5) is 10.6 Å². The fraction of sp³-hybridized carbons (Fsp3) is 0.484. The summed E-state index contributed by atoms with van der Waals surface area (Å²) in [6, 6.07) is 14.9. The highest BCUT2D eigenvalue weighted by Crippen LogP contribution is 2.36. The summed E-state index contributed by atoms with van der Waals surface area (Å²) in [5.74, 6) is 1.62. The van der Waals surface area contributed by atoms with E-state index in [1.54, 1.807) is 7.11 Å². The van der Waals surface area contributed by atoms with Gasteiger partial charge in [-0.2, -0.15) is 15.2 Å². The van der Waals surface area contributed by atoms with Crippen molar-refractivity contribution in [2.24, 2.45) is 0 Å². The Morgan fingerprint density at radius 3 is 2.74 bits per heavy atom. The van der Waals surface area contributed by atoms with E-state index in [-0.39, 0.29) is 6.42 Å². The van der Waals surface area contributed by atoms with Gasteiger partial charge in [0.05, 0.1) is 31.3 Å². The molecule has 0 spiro atoms. The molecule has 6 rings (SSSR count). The Kier molecular flexibility index (Phi) is 8.00. The molecule has 4 heterocycles. The first-order valence-corrected chi connectivity index (χ1v) is 14.6. The molecule has 11 nitrogen and oxygen atoms in total. The number of carbonyl (C=O) groups is 1. The van der Waals surface area contributed by atoms with Crippen LogP contribution in [0.1, 0.15) is 36.1 Å². The maximum absolute atomic E-state index is 11.9. The zero-order valence-electron chi connectivity index (χ0n) is 24.2. The number of likely N-dealkylation sites (tertiary alicyclic amines) is 1. The summed E-state index contributed by atoms with van der Waals surface area (Å²) in [4.78, 5) is 29.8. The van der Waals surface area contributed by atoms with Crippen LogP contribution in [0.15, 0.2) is 36.4 Å². The van der Waals surface area contributed by atoms with E-state index >= 15 is 0 Å². The Bertz CT molecular complexity index is 1510. The van der Waals surface area contributed by atoms with Crippen LogP contribution in [0.3, 0.4) is 0 Å². The number of aromatic nitrogens is 2. The molecule has 3 aliphatic heterocycles. The molecular weight excluding hydrogens is 534 g/mol. The molecule has 0 aliphatic carbocycles. The van der Waals surface area contributed by atoms with Crippen molar-refractivity contribution in [3.8, 4) is 17.8 Å². The van der Waals surface area contributed by atoms with E-state index in [1.165, 1.54) is 4.90 Å². The summed E-state index contributed by atoms with van der Waals surface area (Å²) < 4.78 is 12.0. The second-order valence-electron chi connectivity index (χ2n) is 11.4. The molecule has 42 heavy (non-hydrogen) atoms. The molecule has 11 heteroatoms. The second-order valence-corrected chi connectivity index (χ2v) is 11.4. The van der Waals surface area contributed by atoms with E-state index < -0.39 is 12.1 Å². The lowest BCUT2D eigenvalue weighted by Crippen LogP contribution is -2.55. The average Bonchev–Trinajstić information content (AvgIpc) is 3.60. The topological polar surface area (TPSA) is 118 Å². The third kappa shape index (κ3) is 5.52. The molecule has 0 bridgehead atoms. The first-order chi connectivity index (χ1) is 20.4. The smallest absolute Gasteiger partial charge is 0.407 e. The predicted molar refractivity (Wildman–Crippen MR) is 158 cm³/mol. The summed E-state index contributed by atoms with van der Waals surface area (Å²) in [6.45, 7) is 4.72. The highest BCUT2D eigenvalue weighted by atomic mass is 16.5. The molecule has 3 aromatic rings. The number of nitriles is 1. The summed E-state index contributed by atoms with van der Waals surface area (Å²) in [5, 5.41) is 21.4. The van der Waals surface area contributed by atoms with Crippen molar-refractivity contribution < 1.29 is 19.4 Å². The van der Waals surface area contributed by atoms with E-state index in [0.717, 1.165) is 58.5 Å². The SMILES string of the molecule is COc1ccc2ccccc2c1CN1Cc2nc(OCC3CCCN3C)nc(N3CCN(C(=O)O)C(CC#N)C3)c2C1.